The van der Waals surface area contributed by atoms with E-state index < -0.39 is 4.92 Å². The molecule has 32 heavy (non-hydrogen) atoms. The fourth-order valence-electron chi connectivity index (χ4n) is 3.27. The summed E-state index contributed by atoms with van der Waals surface area (Å²) in [4.78, 5) is 24.4. The van der Waals surface area contributed by atoms with Crippen LogP contribution < -0.4 is 5.32 Å². The molecule has 0 radical (unpaired) electrons. The summed E-state index contributed by atoms with van der Waals surface area (Å²) >= 11 is 0. The number of benzene rings is 3. The van der Waals surface area contributed by atoms with Crippen LogP contribution in [0.2, 0.25) is 0 Å². The number of aromatic nitrogens is 3. The topological polar surface area (TPSA) is 103 Å². The van der Waals surface area contributed by atoms with E-state index in [2.05, 4.69) is 22.4 Å². The second-order valence-corrected chi connectivity index (χ2v) is 7.34. The van der Waals surface area contributed by atoms with E-state index in [0.29, 0.717) is 16.8 Å². The van der Waals surface area contributed by atoms with Crippen LogP contribution >= 0.6 is 0 Å². The molecule has 0 saturated heterocycles. The van der Waals surface area contributed by atoms with Crippen molar-refractivity contribution in [3.63, 3.8) is 0 Å². The molecule has 160 valence electrons. The van der Waals surface area contributed by atoms with Gasteiger partial charge in [0.25, 0.3) is 5.69 Å². The molecule has 0 spiro atoms. The molecule has 8 nitrogen and oxygen atoms in total. The molecule has 4 rings (SSSR count). The summed E-state index contributed by atoms with van der Waals surface area (Å²) in [5.41, 5.74) is 5.51. The number of nitro benzene ring substituents is 1. The summed E-state index contributed by atoms with van der Waals surface area (Å²) in [7, 11) is 0. The maximum atomic E-state index is 12.4. The molecule has 1 N–H and O–H groups in total. The third-order valence-electron chi connectivity index (χ3n) is 5.07. The minimum absolute atomic E-state index is 0.0266. The van der Waals surface area contributed by atoms with Gasteiger partial charge < -0.3 is 5.32 Å². The van der Waals surface area contributed by atoms with Crippen LogP contribution in [-0.4, -0.2) is 25.8 Å². The van der Waals surface area contributed by atoms with E-state index in [1.165, 1.54) is 29.8 Å². The molecule has 0 bridgehead atoms. The second-order valence-electron chi connectivity index (χ2n) is 7.34. The molecule has 1 amide bonds. The van der Waals surface area contributed by atoms with Crippen LogP contribution in [0, 0.1) is 17.0 Å². The Kier molecular flexibility index (Phi) is 5.76. The lowest BCUT2D eigenvalue weighted by Gasteiger charge is -2.05. The zero-order chi connectivity index (χ0) is 22.7. The molecular weight excluding hydrogens is 406 g/mol. The maximum absolute atomic E-state index is 12.4. The number of carbonyl (C=O) groups excluding carboxylic acids is 1. The zero-order valence-electron chi connectivity index (χ0n) is 17.6. The Labute approximate surface area is 184 Å². The van der Waals surface area contributed by atoms with Gasteiger partial charge in [-0.05, 0) is 60.4 Å². The van der Waals surface area contributed by atoms with Gasteiger partial charge in [0, 0.05) is 23.9 Å². The van der Waals surface area contributed by atoms with E-state index in [-0.39, 0.29) is 11.6 Å². The van der Waals surface area contributed by atoms with Crippen LogP contribution in [0.25, 0.3) is 22.8 Å². The summed E-state index contributed by atoms with van der Waals surface area (Å²) in [6, 6.07) is 17.8. The third-order valence-corrected chi connectivity index (χ3v) is 5.07. The van der Waals surface area contributed by atoms with Crippen LogP contribution in [0.5, 0.6) is 0 Å². The first-order valence-electron chi connectivity index (χ1n) is 10.1. The standard InChI is InChI=1S/C24H21N5O3/c1-3-17-7-10-19(11-8-17)28-26-22-13-16(2)21(15-23(22)27-28)25-24(30)12-9-18-5-4-6-20(14-18)29(31)32/h4-15H,3H2,1-2H3,(H,25,30). The average molecular weight is 427 g/mol. The van der Waals surface area contributed by atoms with Gasteiger partial charge in [-0.2, -0.15) is 4.80 Å². The van der Waals surface area contributed by atoms with Crippen molar-refractivity contribution in [2.24, 2.45) is 0 Å². The van der Waals surface area contributed by atoms with E-state index in [0.717, 1.165) is 23.2 Å². The molecule has 0 atom stereocenters. The number of rotatable bonds is 6. The van der Waals surface area contributed by atoms with Crippen molar-refractivity contribution >= 4 is 34.4 Å². The van der Waals surface area contributed by atoms with E-state index in [1.807, 2.05) is 37.3 Å². The van der Waals surface area contributed by atoms with Crippen LogP contribution in [0.3, 0.4) is 0 Å². The normalized spacial score (nSPS) is 11.2. The Morgan fingerprint density at radius 3 is 2.50 bits per heavy atom. The number of nitrogens with zero attached hydrogens (tertiary/aromatic N) is 4. The molecule has 0 aliphatic carbocycles. The van der Waals surface area contributed by atoms with Gasteiger partial charge >= 0.3 is 0 Å². The fourth-order valence-corrected chi connectivity index (χ4v) is 3.27. The van der Waals surface area contributed by atoms with Crippen LogP contribution in [0.1, 0.15) is 23.6 Å². The van der Waals surface area contributed by atoms with Crippen molar-refractivity contribution in [1.29, 1.82) is 0 Å². The minimum atomic E-state index is -0.471. The van der Waals surface area contributed by atoms with Gasteiger partial charge in [0.15, 0.2) is 0 Å². The molecule has 8 heteroatoms. The fraction of sp³-hybridized carbons (Fsp3) is 0.125. The summed E-state index contributed by atoms with van der Waals surface area (Å²) in [5.74, 6) is -0.346. The van der Waals surface area contributed by atoms with Crippen molar-refractivity contribution in [2.75, 3.05) is 5.32 Å². The first kappa shape index (κ1) is 20.9. The highest BCUT2D eigenvalue weighted by Crippen LogP contribution is 2.22. The van der Waals surface area contributed by atoms with E-state index in [4.69, 9.17) is 0 Å². The largest absolute Gasteiger partial charge is 0.322 e. The SMILES string of the molecule is CCc1ccc(-n2nc3cc(C)c(NC(=O)C=Cc4cccc([N+](=O)[O-])c4)cc3n2)cc1. The third kappa shape index (κ3) is 4.54. The predicted octanol–water partition coefficient (Wildman–Crippen LogP) is 4.85. The molecular formula is C24H21N5O3. The number of nitro groups is 1. The second kappa shape index (κ2) is 8.81. The molecule has 1 heterocycles. The number of amides is 1. The van der Waals surface area contributed by atoms with E-state index in [9.17, 15) is 14.9 Å². The first-order valence-corrected chi connectivity index (χ1v) is 10.1. The van der Waals surface area contributed by atoms with Gasteiger partial charge in [0.2, 0.25) is 5.91 Å². The van der Waals surface area contributed by atoms with Crippen LogP contribution in [-0.2, 0) is 11.2 Å². The molecule has 0 unspecified atom stereocenters. The summed E-state index contributed by atoms with van der Waals surface area (Å²) in [5, 5.41) is 22.8. The van der Waals surface area contributed by atoms with Crippen molar-refractivity contribution < 1.29 is 9.72 Å². The highest BCUT2D eigenvalue weighted by atomic mass is 16.6. The van der Waals surface area contributed by atoms with Gasteiger partial charge in [0.05, 0.1) is 10.6 Å². The van der Waals surface area contributed by atoms with Crippen LogP contribution in [0.15, 0.2) is 66.7 Å². The number of non-ortho nitro benzene ring substituents is 1. The molecule has 1 aromatic heterocycles. The molecule has 0 saturated carbocycles. The Morgan fingerprint density at radius 1 is 1.09 bits per heavy atom. The Morgan fingerprint density at radius 2 is 1.81 bits per heavy atom. The van der Waals surface area contributed by atoms with Crippen LogP contribution in [0.4, 0.5) is 11.4 Å². The van der Waals surface area contributed by atoms with Gasteiger partial charge in [-0.15, -0.1) is 10.2 Å². The van der Waals surface area contributed by atoms with Gasteiger partial charge in [-0.1, -0.05) is 31.2 Å². The Hall–Kier alpha value is -4.33. The lowest BCUT2D eigenvalue weighted by atomic mass is 10.1. The molecule has 4 aromatic rings. The molecule has 3 aromatic carbocycles. The lowest BCUT2D eigenvalue weighted by Crippen LogP contribution is -2.08. The summed E-state index contributed by atoms with van der Waals surface area (Å²) in [6.45, 7) is 3.99. The highest BCUT2D eigenvalue weighted by Gasteiger charge is 2.10. The Bertz CT molecular complexity index is 1340. The van der Waals surface area contributed by atoms with Gasteiger partial charge in [-0.3, -0.25) is 14.9 Å². The van der Waals surface area contributed by atoms with Crippen molar-refractivity contribution in [3.8, 4) is 5.69 Å². The number of anilines is 1. The maximum Gasteiger partial charge on any atom is 0.270 e. The van der Waals surface area contributed by atoms with Crippen molar-refractivity contribution in [1.82, 2.24) is 15.0 Å². The minimum Gasteiger partial charge on any atom is -0.322 e. The average Bonchev–Trinajstić information content (AvgIpc) is 3.21. The van der Waals surface area contributed by atoms with Crippen molar-refractivity contribution in [3.05, 3.63) is 93.5 Å². The van der Waals surface area contributed by atoms with E-state index >= 15 is 0 Å². The molecule has 0 fully saturated rings. The molecule has 0 aliphatic rings. The predicted molar refractivity (Wildman–Crippen MR) is 124 cm³/mol. The monoisotopic (exact) mass is 427 g/mol. The number of hydrogen-bond donors (Lipinski definition) is 1. The number of fused-ring (bicyclic) bond motifs is 1. The zero-order valence-corrected chi connectivity index (χ0v) is 17.6. The highest BCUT2D eigenvalue weighted by molar-refractivity contribution is 6.03. The van der Waals surface area contributed by atoms with E-state index in [1.54, 1.807) is 23.0 Å². The lowest BCUT2D eigenvalue weighted by molar-refractivity contribution is -0.384. The number of aryl methyl sites for hydroxylation is 2. The Balaban J connectivity index is 1.53. The van der Waals surface area contributed by atoms with Gasteiger partial charge in [0.1, 0.15) is 11.0 Å². The number of carbonyl (C=O) groups is 1. The smallest absolute Gasteiger partial charge is 0.270 e. The van der Waals surface area contributed by atoms with Gasteiger partial charge in [-0.25, -0.2) is 0 Å². The summed E-state index contributed by atoms with van der Waals surface area (Å²) < 4.78 is 0. The van der Waals surface area contributed by atoms with Crippen molar-refractivity contribution in [2.45, 2.75) is 20.3 Å². The first-order chi connectivity index (χ1) is 15.4. The number of nitrogens with one attached hydrogen (secondary N) is 1. The molecule has 0 aliphatic heterocycles. The summed E-state index contributed by atoms with van der Waals surface area (Å²) in [6.07, 6.45) is 3.84. The quantitative estimate of drug-likeness (QED) is 0.269. The number of hydrogen-bond acceptors (Lipinski definition) is 5.